The molecule has 0 saturated heterocycles. The van der Waals surface area contributed by atoms with Gasteiger partial charge < -0.3 is 5.11 Å². The maximum absolute atomic E-state index is 11.3. The van der Waals surface area contributed by atoms with E-state index in [0.717, 1.165) is 5.57 Å². The fourth-order valence-corrected chi connectivity index (χ4v) is 2.75. The van der Waals surface area contributed by atoms with Gasteiger partial charge in [-0.1, -0.05) is 17.3 Å². The second-order valence-electron chi connectivity index (χ2n) is 3.73. The van der Waals surface area contributed by atoms with Crippen molar-refractivity contribution in [2.45, 2.75) is 31.9 Å². The number of aliphatic hydroxyl groups is 1. The number of hydrogen-bond acceptors (Lipinski definition) is 3. The molecule has 0 spiro atoms. The molecule has 0 radical (unpaired) electrons. The SMILES string of the molecule is C=C(C)CC1(C)SC(=O)C(C)=C1O. The lowest BCUT2D eigenvalue weighted by molar-refractivity contribution is -0.107. The van der Waals surface area contributed by atoms with Crippen molar-refractivity contribution in [3.8, 4) is 0 Å². The van der Waals surface area contributed by atoms with E-state index < -0.39 is 4.75 Å². The highest BCUT2D eigenvalue weighted by atomic mass is 32.2. The largest absolute Gasteiger partial charge is 0.510 e. The van der Waals surface area contributed by atoms with E-state index in [9.17, 15) is 9.90 Å². The predicted molar refractivity (Wildman–Crippen MR) is 55.8 cm³/mol. The third-order valence-electron chi connectivity index (χ3n) is 2.12. The summed E-state index contributed by atoms with van der Waals surface area (Å²) in [6.07, 6.45) is 0.645. The van der Waals surface area contributed by atoms with Crippen LogP contribution in [0.25, 0.3) is 0 Å². The number of carbonyl (C=O) groups excluding carboxylic acids is 1. The topological polar surface area (TPSA) is 37.3 Å². The van der Waals surface area contributed by atoms with Gasteiger partial charge in [-0.05, 0) is 27.2 Å². The van der Waals surface area contributed by atoms with Gasteiger partial charge in [0.15, 0.2) is 0 Å². The Morgan fingerprint density at radius 1 is 1.69 bits per heavy atom. The summed E-state index contributed by atoms with van der Waals surface area (Å²) in [4.78, 5) is 11.3. The highest BCUT2D eigenvalue weighted by molar-refractivity contribution is 8.15. The van der Waals surface area contributed by atoms with Crippen LogP contribution >= 0.6 is 11.8 Å². The number of hydrogen-bond donors (Lipinski definition) is 1. The molecule has 1 aliphatic rings. The van der Waals surface area contributed by atoms with E-state index in [2.05, 4.69) is 6.58 Å². The first-order valence-corrected chi connectivity index (χ1v) is 4.96. The fraction of sp³-hybridized carbons (Fsp3) is 0.500. The van der Waals surface area contributed by atoms with Crippen molar-refractivity contribution < 1.29 is 9.90 Å². The monoisotopic (exact) mass is 198 g/mol. The summed E-state index contributed by atoms with van der Waals surface area (Å²) in [5, 5.41) is 9.71. The Morgan fingerprint density at radius 3 is 2.54 bits per heavy atom. The molecule has 0 fully saturated rings. The Labute approximate surface area is 82.7 Å². The van der Waals surface area contributed by atoms with Crippen LogP contribution in [0.3, 0.4) is 0 Å². The van der Waals surface area contributed by atoms with Crippen LogP contribution < -0.4 is 0 Å². The zero-order valence-corrected chi connectivity index (χ0v) is 8.99. The Kier molecular flexibility index (Phi) is 2.57. The molecular weight excluding hydrogens is 184 g/mol. The second-order valence-corrected chi connectivity index (χ2v) is 5.20. The van der Waals surface area contributed by atoms with E-state index in [1.807, 2.05) is 13.8 Å². The molecule has 1 N–H and O–H groups in total. The normalized spacial score (nSPS) is 28.4. The van der Waals surface area contributed by atoms with Gasteiger partial charge in [0.05, 0.1) is 4.75 Å². The van der Waals surface area contributed by atoms with Gasteiger partial charge in [-0.2, -0.15) is 0 Å². The average Bonchev–Trinajstić information content (AvgIpc) is 2.14. The quantitative estimate of drug-likeness (QED) is 0.693. The highest BCUT2D eigenvalue weighted by Crippen LogP contribution is 2.45. The Morgan fingerprint density at radius 2 is 2.23 bits per heavy atom. The number of rotatable bonds is 2. The molecule has 3 heteroatoms. The molecule has 0 aromatic rings. The van der Waals surface area contributed by atoms with Crippen molar-refractivity contribution in [3.05, 3.63) is 23.5 Å². The van der Waals surface area contributed by atoms with E-state index in [1.54, 1.807) is 6.92 Å². The molecule has 13 heavy (non-hydrogen) atoms. The molecule has 1 rings (SSSR count). The van der Waals surface area contributed by atoms with E-state index >= 15 is 0 Å². The zero-order chi connectivity index (χ0) is 10.2. The minimum atomic E-state index is -0.479. The molecule has 0 aromatic carbocycles. The minimum absolute atomic E-state index is 0.0266. The molecule has 0 aliphatic carbocycles. The highest BCUT2D eigenvalue weighted by Gasteiger charge is 2.41. The van der Waals surface area contributed by atoms with Crippen LogP contribution in [0.1, 0.15) is 27.2 Å². The van der Waals surface area contributed by atoms with Gasteiger partial charge in [0.25, 0.3) is 0 Å². The van der Waals surface area contributed by atoms with Gasteiger partial charge in [-0.25, -0.2) is 0 Å². The van der Waals surface area contributed by atoms with Crippen molar-refractivity contribution >= 4 is 16.9 Å². The molecule has 0 amide bonds. The van der Waals surface area contributed by atoms with Crippen molar-refractivity contribution in [1.82, 2.24) is 0 Å². The molecule has 2 nitrogen and oxygen atoms in total. The molecular formula is C10H14O2S. The predicted octanol–water partition coefficient (Wildman–Crippen LogP) is 2.82. The van der Waals surface area contributed by atoms with Crippen molar-refractivity contribution in [1.29, 1.82) is 0 Å². The van der Waals surface area contributed by atoms with Crippen LogP contribution in [0, 0.1) is 0 Å². The first-order chi connectivity index (χ1) is 5.87. The maximum Gasteiger partial charge on any atom is 0.219 e. The van der Waals surface area contributed by atoms with E-state index in [0.29, 0.717) is 12.0 Å². The van der Waals surface area contributed by atoms with Gasteiger partial charge in [0.2, 0.25) is 5.12 Å². The molecule has 0 aromatic heterocycles. The number of carbonyl (C=O) groups is 1. The lowest BCUT2D eigenvalue weighted by Gasteiger charge is -2.22. The average molecular weight is 198 g/mol. The summed E-state index contributed by atoms with van der Waals surface area (Å²) < 4.78 is -0.479. The summed E-state index contributed by atoms with van der Waals surface area (Å²) in [5.74, 6) is 0.213. The number of thioether (sulfide) groups is 1. The van der Waals surface area contributed by atoms with Gasteiger partial charge in [-0.15, -0.1) is 6.58 Å². The van der Waals surface area contributed by atoms with E-state index in [-0.39, 0.29) is 10.9 Å². The summed E-state index contributed by atoms with van der Waals surface area (Å²) >= 11 is 1.19. The molecule has 1 atom stereocenters. The summed E-state index contributed by atoms with van der Waals surface area (Å²) in [6.45, 7) is 9.22. The van der Waals surface area contributed by atoms with E-state index in [4.69, 9.17) is 0 Å². The van der Waals surface area contributed by atoms with Crippen LogP contribution in [0.4, 0.5) is 0 Å². The van der Waals surface area contributed by atoms with Crippen LogP contribution in [-0.2, 0) is 4.79 Å². The number of allylic oxidation sites excluding steroid dienone is 1. The van der Waals surface area contributed by atoms with Crippen molar-refractivity contribution in [2.75, 3.05) is 0 Å². The zero-order valence-electron chi connectivity index (χ0n) is 8.18. The summed E-state index contributed by atoms with van der Waals surface area (Å²) in [7, 11) is 0. The van der Waals surface area contributed by atoms with Gasteiger partial charge >= 0.3 is 0 Å². The fourth-order valence-electron chi connectivity index (χ4n) is 1.52. The van der Waals surface area contributed by atoms with Gasteiger partial charge in [0, 0.05) is 5.57 Å². The van der Waals surface area contributed by atoms with Gasteiger partial charge in [0.1, 0.15) is 5.76 Å². The smallest absolute Gasteiger partial charge is 0.219 e. The minimum Gasteiger partial charge on any atom is -0.510 e. The van der Waals surface area contributed by atoms with Crippen molar-refractivity contribution in [3.63, 3.8) is 0 Å². The van der Waals surface area contributed by atoms with Crippen LogP contribution in [0.15, 0.2) is 23.5 Å². The van der Waals surface area contributed by atoms with Crippen LogP contribution in [-0.4, -0.2) is 15.0 Å². The van der Waals surface area contributed by atoms with Crippen LogP contribution in [0.2, 0.25) is 0 Å². The number of aliphatic hydroxyl groups excluding tert-OH is 1. The first kappa shape index (κ1) is 10.4. The maximum atomic E-state index is 11.3. The lowest BCUT2D eigenvalue weighted by atomic mass is 9.98. The lowest BCUT2D eigenvalue weighted by Crippen LogP contribution is -2.20. The molecule has 72 valence electrons. The molecule has 1 heterocycles. The van der Waals surface area contributed by atoms with Crippen molar-refractivity contribution in [2.24, 2.45) is 0 Å². The van der Waals surface area contributed by atoms with Gasteiger partial charge in [-0.3, -0.25) is 4.79 Å². The van der Waals surface area contributed by atoms with E-state index in [1.165, 1.54) is 11.8 Å². The van der Waals surface area contributed by atoms with Crippen LogP contribution in [0.5, 0.6) is 0 Å². The third kappa shape index (κ3) is 1.80. The second kappa shape index (κ2) is 3.22. The molecule has 0 bridgehead atoms. The Balaban J connectivity index is 2.96. The standard InChI is InChI=1S/C10H14O2S/c1-6(2)5-10(4)8(11)7(3)9(12)13-10/h11H,1,5H2,2-4H3. The summed E-state index contributed by atoms with van der Waals surface area (Å²) in [5.41, 5.74) is 1.46. The third-order valence-corrected chi connectivity index (χ3v) is 3.40. The molecule has 1 unspecified atom stereocenters. The Hall–Kier alpha value is -0.700. The first-order valence-electron chi connectivity index (χ1n) is 4.15. The molecule has 1 aliphatic heterocycles. The molecule has 0 saturated carbocycles. The summed E-state index contributed by atoms with van der Waals surface area (Å²) in [6, 6.07) is 0. The Bertz CT molecular complexity index is 304.